The molecule has 0 bridgehead atoms. The Morgan fingerprint density at radius 1 is 0.960 bits per heavy atom. The van der Waals surface area contributed by atoms with E-state index in [1.807, 2.05) is 0 Å². The van der Waals surface area contributed by atoms with Crippen LogP contribution in [0.2, 0.25) is 0 Å². The van der Waals surface area contributed by atoms with E-state index < -0.39 is 0 Å². The van der Waals surface area contributed by atoms with Gasteiger partial charge in [-0.2, -0.15) is 0 Å². The van der Waals surface area contributed by atoms with Gasteiger partial charge in [0.2, 0.25) is 0 Å². The average Bonchev–Trinajstić information content (AvgIpc) is 2.90. The number of hydrogen-bond donors (Lipinski definition) is 0. The van der Waals surface area contributed by atoms with Crippen molar-refractivity contribution in [1.29, 1.82) is 0 Å². The summed E-state index contributed by atoms with van der Waals surface area (Å²) in [6.45, 7) is 5.48. The van der Waals surface area contributed by atoms with Gasteiger partial charge in [-0.3, -0.25) is 14.5 Å². The van der Waals surface area contributed by atoms with Crippen LogP contribution in [0.25, 0.3) is 0 Å². The molecule has 0 spiro atoms. The highest BCUT2D eigenvalue weighted by Gasteiger charge is 2.34. The zero-order chi connectivity index (χ0) is 17.8. The second-order valence-corrected chi connectivity index (χ2v) is 6.41. The maximum atomic E-state index is 12.3. The first-order chi connectivity index (χ1) is 12.1. The molecule has 1 aliphatic rings. The molecule has 25 heavy (non-hydrogen) atoms. The van der Waals surface area contributed by atoms with Crippen molar-refractivity contribution in [2.45, 2.75) is 32.8 Å². The predicted octanol–water partition coefficient (Wildman–Crippen LogP) is 4.01. The van der Waals surface area contributed by atoms with Crippen molar-refractivity contribution in [3.8, 4) is 0 Å². The molecule has 0 saturated carbocycles. The minimum atomic E-state index is -0.234. The molecule has 0 N–H and O–H groups in total. The molecular weight excluding hydrogens is 314 g/mol. The zero-order valence-electron chi connectivity index (χ0n) is 14.7. The van der Waals surface area contributed by atoms with Crippen molar-refractivity contribution in [2.75, 3.05) is 13.2 Å². The van der Waals surface area contributed by atoms with E-state index in [4.69, 9.17) is 4.74 Å². The van der Waals surface area contributed by atoms with E-state index in [1.165, 1.54) is 10.5 Å². The number of amides is 2. The maximum absolute atomic E-state index is 12.3. The molecule has 4 nitrogen and oxygen atoms in total. The SMILES string of the molecule is CCC(C)c1ccc(COCCN2C(=O)c3ccccc3C2=O)cc1. The number of ether oxygens (including phenoxy) is 1. The standard InChI is InChI=1S/C21H23NO3/c1-3-15(2)17-10-8-16(9-11-17)14-25-13-12-22-20(23)18-6-4-5-7-19(18)21(22)24/h4-11,15H,3,12-14H2,1-2H3. The number of fused-ring (bicyclic) bond motifs is 1. The molecule has 4 heteroatoms. The van der Waals surface area contributed by atoms with Gasteiger partial charge in [-0.1, -0.05) is 50.2 Å². The van der Waals surface area contributed by atoms with Gasteiger partial charge in [-0.05, 0) is 35.6 Å². The summed E-state index contributed by atoms with van der Waals surface area (Å²) in [7, 11) is 0. The predicted molar refractivity (Wildman–Crippen MR) is 96.6 cm³/mol. The van der Waals surface area contributed by atoms with Crippen LogP contribution in [0.5, 0.6) is 0 Å². The molecule has 3 rings (SSSR count). The van der Waals surface area contributed by atoms with E-state index in [0.717, 1.165) is 12.0 Å². The van der Waals surface area contributed by atoms with Gasteiger partial charge in [0.05, 0.1) is 30.9 Å². The lowest BCUT2D eigenvalue weighted by Gasteiger charge is -2.14. The molecule has 1 heterocycles. The Morgan fingerprint density at radius 2 is 1.56 bits per heavy atom. The topological polar surface area (TPSA) is 46.6 Å². The molecule has 1 atom stereocenters. The first-order valence-electron chi connectivity index (χ1n) is 8.73. The summed E-state index contributed by atoms with van der Waals surface area (Å²) in [5, 5.41) is 0. The molecule has 0 aromatic heterocycles. The highest BCUT2D eigenvalue weighted by Crippen LogP contribution is 2.22. The van der Waals surface area contributed by atoms with Crippen LogP contribution in [0.3, 0.4) is 0 Å². The van der Waals surface area contributed by atoms with Crippen LogP contribution in [-0.4, -0.2) is 29.9 Å². The molecule has 1 unspecified atom stereocenters. The first-order valence-corrected chi connectivity index (χ1v) is 8.73. The van der Waals surface area contributed by atoms with Gasteiger partial charge in [0.25, 0.3) is 11.8 Å². The summed E-state index contributed by atoms with van der Waals surface area (Å²) < 4.78 is 5.66. The van der Waals surface area contributed by atoms with Gasteiger partial charge in [0.15, 0.2) is 0 Å². The number of nitrogens with zero attached hydrogens (tertiary/aromatic N) is 1. The Balaban J connectivity index is 1.49. The Bertz CT molecular complexity index is 732. The van der Waals surface area contributed by atoms with Crippen molar-refractivity contribution in [3.05, 3.63) is 70.8 Å². The quantitative estimate of drug-likeness (QED) is 0.566. The molecule has 2 amide bonds. The van der Waals surface area contributed by atoms with E-state index in [2.05, 4.69) is 38.1 Å². The molecule has 0 aliphatic carbocycles. The van der Waals surface area contributed by atoms with Crippen molar-refractivity contribution in [2.24, 2.45) is 0 Å². The minimum Gasteiger partial charge on any atom is -0.375 e. The normalized spacial score (nSPS) is 14.7. The van der Waals surface area contributed by atoms with Gasteiger partial charge in [-0.15, -0.1) is 0 Å². The highest BCUT2D eigenvalue weighted by molar-refractivity contribution is 6.21. The van der Waals surface area contributed by atoms with Gasteiger partial charge in [0, 0.05) is 0 Å². The lowest BCUT2D eigenvalue weighted by Crippen LogP contribution is -2.33. The molecular formula is C21H23NO3. The highest BCUT2D eigenvalue weighted by atomic mass is 16.5. The average molecular weight is 337 g/mol. The van der Waals surface area contributed by atoms with Crippen molar-refractivity contribution < 1.29 is 14.3 Å². The van der Waals surface area contributed by atoms with E-state index in [-0.39, 0.29) is 18.4 Å². The molecule has 2 aromatic carbocycles. The van der Waals surface area contributed by atoms with Crippen LogP contribution in [0.1, 0.15) is 58.0 Å². The molecule has 0 radical (unpaired) electrons. The zero-order valence-corrected chi connectivity index (χ0v) is 14.7. The lowest BCUT2D eigenvalue weighted by atomic mass is 9.98. The Hall–Kier alpha value is -2.46. The number of imide groups is 1. The summed E-state index contributed by atoms with van der Waals surface area (Å²) in [6, 6.07) is 15.3. The summed E-state index contributed by atoms with van der Waals surface area (Å²) in [6.07, 6.45) is 1.12. The summed E-state index contributed by atoms with van der Waals surface area (Å²) in [5.41, 5.74) is 3.38. The van der Waals surface area contributed by atoms with Gasteiger partial charge >= 0.3 is 0 Å². The Kier molecular flexibility index (Phi) is 5.29. The van der Waals surface area contributed by atoms with Crippen LogP contribution in [0, 0.1) is 0 Å². The van der Waals surface area contributed by atoms with Crippen molar-refractivity contribution in [3.63, 3.8) is 0 Å². The number of carbonyl (C=O) groups excluding carboxylic acids is 2. The fraction of sp³-hybridized carbons (Fsp3) is 0.333. The van der Waals surface area contributed by atoms with E-state index in [1.54, 1.807) is 24.3 Å². The van der Waals surface area contributed by atoms with E-state index >= 15 is 0 Å². The smallest absolute Gasteiger partial charge is 0.261 e. The third-order valence-corrected chi connectivity index (χ3v) is 4.77. The van der Waals surface area contributed by atoms with Gasteiger partial charge in [0.1, 0.15) is 0 Å². The van der Waals surface area contributed by atoms with Crippen LogP contribution in [0.15, 0.2) is 48.5 Å². The van der Waals surface area contributed by atoms with Gasteiger partial charge < -0.3 is 4.74 Å². The van der Waals surface area contributed by atoms with E-state index in [0.29, 0.717) is 30.3 Å². The molecule has 0 fully saturated rings. The molecule has 0 saturated heterocycles. The van der Waals surface area contributed by atoms with Crippen molar-refractivity contribution in [1.82, 2.24) is 4.90 Å². The summed E-state index contributed by atoms with van der Waals surface area (Å²) in [4.78, 5) is 25.8. The van der Waals surface area contributed by atoms with Gasteiger partial charge in [-0.25, -0.2) is 0 Å². The van der Waals surface area contributed by atoms with Crippen LogP contribution < -0.4 is 0 Å². The summed E-state index contributed by atoms with van der Waals surface area (Å²) >= 11 is 0. The number of benzene rings is 2. The number of carbonyl (C=O) groups is 2. The van der Waals surface area contributed by atoms with E-state index in [9.17, 15) is 9.59 Å². The second-order valence-electron chi connectivity index (χ2n) is 6.41. The minimum absolute atomic E-state index is 0.234. The third kappa shape index (κ3) is 3.64. The fourth-order valence-corrected chi connectivity index (χ4v) is 2.97. The molecule has 2 aromatic rings. The Labute approximate surface area is 148 Å². The lowest BCUT2D eigenvalue weighted by molar-refractivity contribution is 0.0545. The van der Waals surface area contributed by atoms with Crippen LogP contribution in [-0.2, 0) is 11.3 Å². The molecule has 1 aliphatic heterocycles. The molecule has 130 valence electrons. The first kappa shape index (κ1) is 17.4. The van der Waals surface area contributed by atoms with Crippen molar-refractivity contribution >= 4 is 11.8 Å². The fourth-order valence-electron chi connectivity index (χ4n) is 2.97. The second kappa shape index (κ2) is 7.62. The third-order valence-electron chi connectivity index (χ3n) is 4.77. The largest absolute Gasteiger partial charge is 0.375 e. The number of rotatable bonds is 7. The summed E-state index contributed by atoms with van der Waals surface area (Å²) in [5.74, 6) is 0.0907. The van der Waals surface area contributed by atoms with Crippen LogP contribution >= 0.6 is 0 Å². The number of hydrogen-bond acceptors (Lipinski definition) is 3. The monoisotopic (exact) mass is 337 g/mol. The van der Waals surface area contributed by atoms with Crippen LogP contribution in [0.4, 0.5) is 0 Å². The Morgan fingerprint density at radius 3 is 2.12 bits per heavy atom. The maximum Gasteiger partial charge on any atom is 0.261 e.